The van der Waals surface area contributed by atoms with Crippen LogP contribution >= 0.6 is 0 Å². The van der Waals surface area contributed by atoms with Crippen molar-refractivity contribution < 1.29 is 14.3 Å². The molecule has 4 rings (SSSR count). The Balaban J connectivity index is 1.44. The molecule has 2 aromatic carbocycles. The molecule has 2 heterocycles. The highest BCUT2D eigenvalue weighted by Gasteiger charge is 2.13. The lowest BCUT2D eigenvalue weighted by molar-refractivity contribution is 0.102. The molecule has 0 aliphatic rings. The number of nitrogens with one attached hydrogen (secondary N) is 2. The summed E-state index contributed by atoms with van der Waals surface area (Å²) in [6, 6.07) is 17.0. The number of carbonyl (C=O) groups excluding carboxylic acids is 1. The molecule has 0 saturated heterocycles. The topological polar surface area (TPSA) is 89.1 Å². The number of rotatable bonds is 7. The molecule has 0 atom stereocenters. The first kappa shape index (κ1) is 19.4. The number of methoxy groups -OCH3 is 2. The highest BCUT2D eigenvalue weighted by Crippen LogP contribution is 2.24. The van der Waals surface area contributed by atoms with Gasteiger partial charge in [0.1, 0.15) is 11.5 Å². The van der Waals surface area contributed by atoms with Crippen LogP contribution in [0.1, 0.15) is 21.6 Å². The summed E-state index contributed by atoms with van der Waals surface area (Å²) in [4.78, 5) is 17.1. The molecule has 2 aromatic heterocycles. The van der Waals surface area contributed by atoms with Crippen LogP contribution in [0.3, 0.4) is 0 Å². The van der Waals surface area contributed by atoms with Gasteiger partial charge in [0, 0.05) is 29.4 Å². The van der Waals surface area contributed by atoms with E-state index in [1.807, 2.05) is 48.5 Å². The first-order valence-electron chi connectivity index (χ1n) is 9.57. The van der Waals surface area contributed by atoms with Crippen LogP contribution in [0.25, 0.3) is 10.9 Å². The SMILES string of the molecule is COc1cc(CCc2cc(NC(=O)c3cccc4cccnc34)n[nH]2)cc(OC)c1. The van der Waals surface area contributed by atoms with Crippen molar-refractivity contribution in [1.29, 1.82) is 0 Å². The van der Waals surface area contributed by atoms with Crippen molar-refractivity contribution >= 4 is 22.6 Å². The minimum absolute atomic E-state index is 0.241. The Kier molecular flexibility index (Phi) is 5.61. The van der Waals surface area contributed by atoms with Crippen LogP contribution in [0.4, 0.5) is 5.82 Å². The molecule has 0 saturated carbocycles. The summed E-state index contributed by atoms with van der Waals surface area (Å²) in [7, 11) is 3.27. The zero-order valence-electron chi connectivity index (χ0n) is 16.8. The maximum Gasteiger partial charge on any atom is 0.259 e. The number of nitrogens with zero attached hydrogens (tertiary/aromatic N) is 2. The highest BCUT2D eigenvalue weighted by atomic mass is 16.5. The number of hydrogen-bond donors (Lipinski definition) is 2. The fourth-order valence-corrected chi connectivity index (χ4v) is 3.31. The summed E-state index contributed by atoms with van der Waals surface area (Å²) in [6.07, 6.45) is 3.19. The van der Waals surface area contributed by atoms with Gasteiger partial charge in [-0.15, -0.1) is 0 Å². The van der Waals surface area contributed by atoms with Crippen molar-refractivity contribution in [1.82, 2.24) is 15.2 Å². The predicted molar refractivity (Wildman–Crippen MR) is 115 cm³/mol. The molecule has 7 nitrogen and oxygen atoms in total. The molecule has 0 aliphatic carbocycles. The molecule has 0 spiro atoms. The molecular weight excluding hydrogens is 380 g/mol. The molecule has 0 unspecified atom stereocenters. The zero-order chi connectivity index (χ0) is 20.9. The Bertz CT molecular complexity index is 1160. The summed E-state index contributed by atoms with van der Waals surface area (Å²) in [5.41, 5.74) is 3.19. The molecular formula is C23H22N4O3. The minimum Gasteiger partial charge on any atom is -0.497 e. The number of benzene rings is 2. The fourth-order valence-electron chi connectivity index (χ4n) is 3.31. The summed E-state index contributed by atoms with van der Waals surface area (Å²) in [5, 5.41) is 11.0. The molecule has 2 N–H and O–H groups in total. The average Bonchev–Trinajstić information content (AvgIpc) is 3.24. The van der Waals surface area contributed by atoms with Gasteiger partial charge < -0.3 is 14.8 Å². The number of carbonyl (C=O) groups is 1. The van der Waals surface area contributed by atoms with E-state index < -0.39 is 0 Å². The van der Waals surface area contributed by atoms with Crippen LogP contribution in [0.5, 0.6) is 11.5 Å². The third-order valence-corrected chi connectivity index (χ3v) is 4.84. The van der Waals surface area contributed by atoms with Crippen molar-refractivity contribution in [3.63, 3.8) is 0 Å². The molecule has 4 aromatic rings. The number of fused-ring (bicyclic) bond motifs is 1. The molecule has 30 heavy (non-hydrogen) atoms. The molecule has 0 bridgehead atoms. The van der Waals surface area contributed by atoms with Gasteiger partial charge in [-0.05, 0) is 42.7 Å². The maximum atomic E-state index is 12.7. The maximum absolute atomic E-state index is 12.7. The lowest BCUT2D eigenvalue weighted by atomic mass is 10.1. The quantitative estimate of drug-likeness (QED) is 0.487. The number of amides is 1. The van der Waals surface area contributed by atoms with Gasteiger partial charge in [-0.25, -0.2) is 0 Å². The number of para-hydroxylation sites is 1. The third kappa shape index (κ3) is 4.25. The minimum atomic E-state index is -0.241. The fraction of sp³-hybridized carbons (Fsp3) is 0.174. The lowest BCUT2D eigenvalue weighted by Crippen LogP contribution is -2.13. The van der Waals surface area contributed by atoms with Crippen LogP contribution in [0.15, 0.2) is 60.8 Å². The standard InChI is InChI=1S/C23H22N4O3/c1-29-18-11-15(12-19(14-18)30-2)8-9-17-13-21(27-26-17)25-23(28)20-7-3-5-16-6-4-10-24-22(16)20/h3-7,10-14H,8-9H2,1-2H3,(H2,25,26,27,28). The van der Waals surface area contributed by atoms with E-state index >= 15 is 0 Å². The van der Waals surface area contributed by atoms with Crippen molar-refractivity contribution in [3.05, 3.63) is 77.6 Å². The van der Waals surface area contributed by atoms with E-state index in [-0.39, 0.29) is 5.91 Å². The first-order valence-corrected chi connectivity index (χ1v) is 9.57. The van der Waals surface area contributed by atoms with Crippen LogP contribution in [-0.2, 0) is 12.8 Å². The van der Waals surface area contributed by atoms with Crippen molar-refractivity contribution in [2.24, 2.45) is 0 Å². The van der Waals surface area contributed by atoms with E-state index in [2.05, 4.69) is 20.5 Å². The summed E-state index contributed by atoms with van der Waals surface area (Å²) >= 11 is 0. The molecule has 152 valence electrons. The largest absolute Gasteiger partial charge is 0.497 e. The van der Waals surface area contributed by atoms with E-state index in [0.717, 1.165) is 41.0 Å². The van der Waals surface area contributed by atoms with Crippen molar-refractivity contribution in [3.8, 4) is 11.5 Å². The number of H-pyrrole nitrogens is 1. The highest BCUT2D eigenvalue weighted by molar-refractivity contribution is 6.11. The van der Waals surface area contributed by atoms with Gasteiger partial charge in [0.05, 0.1) is 25.3 Å². The van der Waals surface area contributed by atoms with E-state index in [1.54, 1.807) is 26.5 Å². The Morgan fingerprint density at radius 1 is 1.00 bits per heavy atom. The zero-order valence-corrected chi connectivity index (χ0v) is 16.8. The number of aromatic amines is 1. The predicted octanol–water partition coefficient (Wildman–Crippen LogP) is 4.01. The van der Waals surface area contributed by atoms with Gasteiger partial charge in [0.2, 0.25) is 0 Å². The van der Waals surface area contributed by atoms with Gasteiger partial charge in [0.25, 0.3) is 5.91 Å². The Morgan fingerprint density at radius 3 is 2.53 bits per heavy atom. The Hall–Kier alpha value is -3.87. The second-order valence-corrected chi connectivity index (χ2v) is 6.83. The van der Waals surface area contributed by atoms with Gasteiger partial charge in [-0.3, -0.25) is 14.9 Å². The van der Waals surface area contributed by atoms with E-state index in [1.165, 1.54) is 0 Å². The van der Waals surface area contributed by atoms with Crippen LogP contribution in [0.2, 0.25) is 0 Å². The van der Waals surface area contributed by atoms with Crippen molar-refractivity contribution in [2.45, 2.75) is 12.8 Å². The Morgan fingerprint density at radius 2 is 1.77 bits per heavy atom. The first-order chi connectivity index (χ1) is 14.7. The van der Waals surface area contributed by atoms with Gasteiger partial charge in [-0.2, -0.15) is 5.10 Å². The molecule has 1 amide bonds. The van der Waals surface area contributed by atoms with E-state index in [0.29, 0.717) is 16.9 Å². The third-order valence-electron chi connectivity index (χ3n) is 4.84. The number of anilines is 1. The number of aromatic nitrogens is 3. The van der Waals surface area contributed by atoms with Gasteiger partial charge >= 0.3 is 0 Å². The number of hydrogen-bond acceptors (Lipinski definition) is 5. The van der Waals surface area contributed by atoms with Gasteiger partial charge in [-0.1, -0.05) is 18.2 Å². The van der Waals surface area contributed by atoms with Gasteiger partial charge in [0.15, 0.2) is 5.82 Å². The van der Waals surface area contributed by atoms with E-state index in [9.17, 15) is 4.79 Å². The Labute approximate surface area is 174 Å². The van der Waals surface area contributed by atoms with Crippen LogP contribution in [-0.4, -0.2) is 35.3 Å². The lowest BCUT2D eigenvalue weighted by Gasteiger charge is -2.08. The van der Waals surface area contributed by atoms with Crippen LogP contribution in [0, 0.1) is 0 Å². The summed E-state index contributed by atoms with van der Waals surface area (Å²) in [6.45, 7) is 0. The smallest absolute Gasteiger partial charge is 0.259 e. The second kappa shape index (κ2) is 8.65. The number of pyridine rings is 1. The second-order valence-electron chi connectivity index (χ2n) is 6.83. The molecule has 0 fully saturated rings. The number of ether oxygens (including phenoxy) is 2. The molecule has 7 heteroatoms. The van der Waals surface area contributed by atoms with Crippen molar-refractivity contribution in [2.75, 3.05) is 19.5 Å². The monoisotopic (exact) mass is 402 g/mol. The average molecular weight is 402 g/mol. The summed E-state index contributed by atoms with van der Waals surface area (Å²) < 4.78 is 10.6. The summed E-state index contributed by atoms with van der Waals surface area (Å²) in [5.74, 6) is 1.75. The molecule has 0 aliphatic heterocycles. The number of aryl methyl sites for hydroxylation is 2. The molecule has 0 radical (unpaired) electrons. The van der Waals surface area contributed by atoms with Crippen LogP contribution < -0.4 is 14.8 Å². The van der Waals surface area contributed by atoms with E-state index in [4.69, 9.17) is 9.47 Å². The normalized spacial score (nSPS) is 10.7.